The van der Waals surface area contributed by atoms with E-state index in [0.717, 1.165) is 5.06 Å². The molecule has 0 aliphatic rings. The molecular formula is C18H36N2O6. The zero-order chi connectivity index (χ0) is 21.8. The molecule has 26 heavy (non-hydrogen) atoms. The number of hydrogen-bond donors (Lipinski definition) is 1. The fraction of sp³-hybridized carbons (Fsp3) is 0.833. The second-order valence-corrected chi connectivity index (χ2v) is 6.35. The van der Waals surface area contributed by atoms with Crippen LogP contribution in [0.2, 0.25) is 0 Å². The molecule has 1 N–H and O–H groups in total. The number of ketones is 1. The number of hydrogen-bond acceptors (Lipinski definition) is 6. The number of nitrogens with zero attached hydrogens (tertiary/aromatic N) is 2. The molecule has 0 aliphatic heterocycles. The van der Waals surface area contributed by atoms with E-state index < -0.39 is 6.08 Å². The van der Waals surface area contributed by atoms with Crippen molar-refractivity contribution >= 4 is 17.6 Å². The summed E-state index contributed by atoms with van der Waals surface area (Å²) in [6.07, 6.45) is 0.326. The highest BCUT2D eigenvalue weighted by Crippen LogP contribution is 2.11. The van der Waals surface area contributed by atoms with Gasteiger partial charge < -0.3 is 9.90 Å². The molecule has 8 nitrogen and oxygen atoms in total. The molecule has 0 rings (SSSR count). The fourth-order valence-electron chi connectivity index (χ4n) is 1.89. The van der Waals surface area contributed by atoms with Gasteiger partial charge in [-0.3, -0.25) is 19.3 Å². The Kier molecular flexibility index (Phi) is 13.8. The Morgan fingerprint density at radius 1 is 0.923 bits per heavy atom. The van der Waals surface area contributed by atoms with Gasteiger partial charge in [0.15, 0.2) is 0 Å². The van der Waals surface area contributed by atoms with Gasteiger partial charge in [0.05, 0.1) is 21.7 Å². The molecule has 0 radical (unpaired) electrons. The van der Waals surface area contributed by atoms with Gasteiger partial charge in [0.2, 0.25) is 11.8 Å². The van der Waals surface area contributed by atoms with Crippen molar-refractivity contribution in [3.63, 3.8) is 0 Å². The van der Waals surface area contributed by atoms with Gasteiger partial charge in [-0.15, -0.1) is 0 Å². The molecule has 2 amide bonds. The van der Waals surface area contributed by atoms with E-state index in [1.807, 2.05) is 0 Å². The summed E-state index contributed by atoms with van der Waals surface area (Å²) in [5.41, 5.74) is 0. The number of aliphatic hydroxyl groups is 1. The largest absolute Gasteiger partial charge is 0.393 e. The number of amides is 2. The van der Waals surface area contributed by atoms with E-state index in [4.69, 9.17) is 16.2 Å². The summed E-state index contributed by atoms with van der Waals surface area (Å²) in [6, 6.07) is 0. The minimum Gasteiger partial charge on any atom is -0.393 e. The van der Waals surface area contributed by atoms with Crippen LogP contribution in [0.15, 0.2) is 0 Å². The molecular weight excluding hydrogens is 340 g/mol. The average molecular weight is 378 g/mol. The topological polar surface area (TPSA) is 96.4 Å². The number of carbonyl (C=O) groups is 3. The van der Waals surface area contributed by atoms with Crippen LogP contribution in [0.4, 0.5) is 0 Å². The Morgan fingerprint density at radius 3 is 1.62 bits per heavy atom. The van der Waals surface area contributed by atoms with Crippen molar-refractivity contribution < 1.29 is 30.5 Å². The molecule has 0 aromatic rings. The summed E-state index contributed by atoms with van der Waals surface area (Å²) in [7, 11) is 5.96. The highest BCUT2D eigenvalue weighted by Gasteiger charge is 2.18. The van der Waals surface area contributed by atoms with Crippen molar-refractivity contribution in [1.82, 2.24) is 10.1 Å². The third-order valence-corrected chi connectivity index (χ3v) is 3.88. The lowest BCUT2D eigenvalue weighted by atomic mass is 10.0. The van der Waals surface area contributed by atoms with E-state index >= 15 is 0 Å². The van der Waals surface area contributed by atoms with Crippen LogP contribution in [0.1, 0.15) is 54.7 Å². The first-order valence-corrected chi connectivity index (χ1v) is 8.61. The van der Waals surface area contributed by atoms with Gasteiger partial charge in [-0.2, -0.15) is 0 Å². The minimum atomic E-state index is -1.46. The summed E-state index contributed by atoms with van der Waals surface area (Å²) in [6.45, 7) is 6.48. The van der Waals surface area contributed by atoms with Gasteiger partial charge in [0.25, 0.3) is 0 Å². The van der Waals surface area contributed by atoms with Gasteiger partial charge in [0, 0.05) is 32.4 Å². The summed E-state index contributed by atoms with van der Waals surface area (Å²) in [5, 5.41) is 11.5. The summed E-state index contributed by atoms with van der Waals surface area (Å²) in [4.78, 5) is 43.0. The van der Waals surface area contributed by atoms with E-state index in [-0.39, 0.29) is 35.9 Å². The van der Waals surface area contributed by atoms with Gasteiger partial charge in [-0.25, -0.2) is 10.1 Å². The van der Waals surface area contributed by atoms with Crippen LogP contribution >= 0.6 is 0 Å². The average Bonchev–Trinajstić information content (AvgIpc) is 2.61. The van der Waals surface area contributed by atoms with E-state index in [1.54, 1.807) is 20.9 Å². The van der Waals surface area contributed by atoms with Crippen molar-refractivity contribution in [3.8, 4) is 0 Å². The predicted molar refractivity (Wildman–Crippen MR) is 98.7 cm³/mol. The van der Waals surface area contributed by atoms with Crippen LogP contribution in [-0.2, 0) is 24.1 Å². The van der Waals surface area contributed by atoms with Crippen LogP contribution in [-0.4, -0.2) is 67.2 Å². The molecule has 0 aromatic carbocycles. The zero-order valence-electron chi connectivity index (χ0n) is 18.4. The Hall–Kier alpha value is -1.51. The molecule has 3 unspecified atom stereocenters. The SMILES string of the molecule is CON(C)C(=O)C(C)CCC(C)=O.[2H]C(C)(O)CCC(C)C(=O)N(C)OC. The van der Waals surface area contributed by atoms with Gasteiger partial charge in [-0.05, 0) is 33.1 Å². The Balaban J connectivity index is 0. The highest BCUT2D eigenvalue weighted by molar-refractivity contribution is 5.79. The smallest absolute Gasteiger partial charge is 0.248 e. The van der Waals surface area contributed by atoms with Crippen LogP contribution in [0.25, 0.3) is 0 Å². The maximum absolute atomic E-state index is 11.4. The molecule has 0 aliphatic carbocycles. The summed E-state index contributed by atoms with van der Waals surface area (Å²) in [5.74, 6) is -0.522. The maximum atomic E-state index is 11.4. The van der Waals surface area contributed by atoms with Crippen LogP contribution in [0.5, 0.6) is 0 Å². The molecule has 3 atom stereocenters. The molecule has 0 heterocycles. The molecule has 154 valence electrons. The zero-order valence-corrected chi connectivity index (χ0v) is 17.4. The molecule has 0 bridgehead atoms. The van der Waals surface area contributed by atoms with Crippen molar-refractivity contribution in [1.29, 1.82) is 0 Å². The maximum Gasteiger partial charge on any atom is 0.248 e. The van der Waals surface area contributed by atoms with Gasteiger partial charge in [0.1, 0.15) is 5.78 Å². The predicted octanol–water partition coefficient (Wildman–Crippen LogP) is 1.81. The second kappa shape index (κ2) is 14.6. The normalized spacial score (nSPS) is 15.5. The molecule has 0 aromatic heterocycles. The number of carbonyl (C=O) groups excluding carboxylic acids is 3. The Bertz CT molecular complexity index is 467. The van der Waals surface area contributed by atoms with Crippen molar-refractivity contribution in [2.45, 2.75) is 59.5 Å². The highest BCUT2D eigenvalue weighted by atomic mass is 16.7. The lowest BCUT2D eigenvalue weighted by Gasteiger charge is -2.18. The molecule has 0 spiro atoms. The van der Waals surface area contributed by atoms with Crippen molar-refractivity contribution in [2.75, 3.05) is 28.3 Å². The second-order valence-electron chi connectivity index (χ2n) is 6.35. The molecule has 0 saturated carbocycles. The first-order chi connectivity index (χ1) is 12.3. The van der Waals surface area contributed by atoms with Crippen LogP contribution in [0.3, 0.4) is 0 Å². The third kappa shape index (κ3) is 12.8. The molecule has 0 fully saturated rings. The standard InChI is InChI=1S/C9H19NO3.C9H17NO3/c2*1-7(5-6-8(2)11)9(12)10(3)13-4/h7-8,11H,5-6H2,1-4H3;7H,5-6H2,1-4H3/i8D;. The quantitative estimate of drug-likeness (QED) is 0.583. The van der Waals surface area contributed by atoms with Crippen LogP contribution < -0.4 is 0 Å². The van der Waals surface area contributed by atoms with E-state index in [2.05, 4.69) is 0 Å². The molecule has 0 saturated heterocycles. The van der Waals surface area contributed by atoms with E-state index in [0.29, 0.717) is 19.3 Å². The number of hydroxylamine groups is 4. The Morgan fingerprint density at radius 2 is 1.31 bits per heavy atom. The molecule has 8 heteroatoms. The number of rotatable bonds is 10. The van der Waals surface area contributed by atoms with E-state index in [9.17, 15) is 14.4 Å². The van der Waals surface area contributed by atoms with Crippen LogP contribution in [0, 0.1) is 11.8 Å². The number of Topliss-reactive ketones (excluding diaryl/α,β-unsaturated/α-hetero) is 1. The summed E-state index contributed by atoms with van der Waals surface area (Å²) >= 11 is 0. The lowest BCUT2D eigenvalue weighted by Crippen LogP contribution is -2.31. The lowest BCUT2D eigenvalue weighted by molar-refractivity contribution is -0.173. The third-order valence-electron chi connectivity index (χ3n) is 3.88. The summed E-state index contributed by atoms with van der Waals surface area (Å²) < 4.78 is 7.22. The first-order valence-electron chi connectivity index (χ1n) is 9.11. The van der Waals surface area contributed by atoms with Crippen molar-refractivity contribution in [3.05, 3.63) is 0 Å². The monoisotopic (exact) mass is 377 g/mol. The fourth-order valence-corrected chi connectivity index (χ4v) is 1.89. The van der Waals surface area contributed by atoms with Crippen molar-refractivity contribution in [2.24, 2.45) is 11.8 Å². The van der Waals surface area contributed by atoms with E-state index in [1.165, 1.54) is 40.2 Å². The van der Waals surface area contributed by atoms with Gasteiger partial charge >= 0.3 is 0 Å². The Labute approximate surface area is 158 Å². The minimum absolute atomic E-state index is 0.0937. The first kappa shape index (κ1) is 24.5. The van der Waals surface area contributed by atoms with Gasteiger partial charge in [-0.1, -0.05) is 13.8 Å².